The van der Waals surface area contributed by atoms with E-state index in [9.17, 15) is 14.0 Å². The fraction of sp³-hybridized carbons (Fsp3) is 0.500. The highest BCUT2D eigenvalue weighted by atomic mass is 19.1. The molecular formula is C16H24FN3O2. The van der Waals surface area contributed by atoms with Crippen molar-refractivity contribution < 1.29 is 14.0 Å². The lowest BCUT2D eigenvalue weighted by Gasteiger charge is -2.22. The Balaban J connectivity index is 2.50. The van der Waals surface area contributed by atoms with Gasteiger partial charge in [-0.05, 0) is 45.5 Å². The largest absolute Gasteiger partial charge is 0.342 e. The Kier molecular flexibility index (Phi) is 6.98. The fourth-order valence-corrected chi connectivity index (χ4v) is 2.08. The lowest BCUT2D eigenvalue weighted by Crippen LogP contribution is -2.41. The number of nitrogens with zero attached hydrogens (tertiary/aromatic N) is 2. The monoisotopic (exact) mass is 309 g/mol. The Morgan fingerprint density at radius 2 is 1.82 bits per heavy atom. The molecule has 0 radical (unpaired) electrons. The number of nitrogens with one attached hydrogen (secondary N) is 1. The Bertz CT molecular complexity index is 530. The summed E-state index contributed by atoms with van der Waals surface area (Å²) >= 11 is 0. The van der Waals surface area contributed by atoms with Crippen LogP contribution < -0.4 is 5.32 Å². The van der Waals surface area contributed by atoms with Crippen LogP contribution in [-0.4, -0.2) is 54.8 Å². The number of amides is 2. The van der Waals surface area contributed by atoms with Gasteiger partial charge in [0.2, 0.25) is 11.8 Å². The van der Waals surface area contributed by atoms with Gasteiger partial charge in [0.15, 0.2) is 0 Å². The van der Waals surface area contributed by atoms with Crippen molar-refractivity contribution in [2.75, 3.05) is 38.5 Å². The quantitative estimate of drug-likeness (QED) is 0.836. The summed E-state index contributed by atoms with van der Waals surface area (Å²) in [7, 11) is 1.71. The molecule has 0 aliphatic heterocycles. The second-order valence-corrected chi connectivity index (χ2v) is 5.25. The number of benzene rings is 1. The van der Waals surface area contributed by atoms with Gasteiger partial charge in [-0.15, -0.1) is 0 Å². The number of rotatable bonds is 7. The summed E-state index contributed by atoms with van der Waals surface area (Å²) in [5.74, 6) is -0.650. The van der Waals surface area contributed by atoms with Crippen molar-refractivity contribution in [2.45, 2.75) is 20.8 Å². The van der Waals surface area contributed by atoms with Crippen molar-refractivity contribution in [2.24, 2.45) is 0 Å². The SMILES string of the molecule is CCN(CC)C(=O)CN(C)CC(=O)Nc1ccc(C)c(F)c1. The van der Waals surface area contributed by atoms with Gasteiger partial charge in [0.05, 0.1) is 13.1 Å². The van der Waals surface area contributed by atoms with E-state index in [1.54, 1.807) is 35.9 Å². The minimum absolute atomic E-state index is 0.0123. The van der Waals surface area contributed by atoms with E-state index in [1.807, 2.05) is 13.8 Å². The van der Waals surface area contributed by atoms with Crippen LogP contribution in [0.1, 0.15) is 19.4 Å². The van der Waals surface area contributed by atoms with Crippen LogP contribution in [0.4, 0.5) is 10.1 Å². The zero-order valence-corrected chi connectivity index (χ0v) is 13.6. The molecule has 0 saturated heterocycles. The van der Waals surface area contributed by atoms with Gasteiger partial charge in [-0.25, -0.2) is 4.39 Å². The van der Waals surface area contributed by atoms with E-state index in [2.05, 4.69) is 5.32 Å². The first-order valence-electron chi connectivity index (χ1n) is 7.39. The van der Waals surface area contributed by atoms with Crippen LogP contribution in [0.25, 0.3) is 0 Å². The molecule has 22 heavy (non-hydrogen) atoms. The van der Waals surface area contributed by atoms with E-state index < -0.39 is 0 Å². The van der Waals surface area contributed by atoms with Gasteiger partial charge in [-0.2, -0.15) is 0 Å². The molecule has 0 aliphatic rings. The zero-order chi connectivity index (χ0) is 16.7. The topological polar surface area (TPSA) is 52.7 Å². The number of anilines is 1. The van der Waals surface area contributed by atoms with Crippen LogP contribution in [-0.2, 0) is 9.59 Å². The number of likely N-dealkylation sites (N-methyl/N-ethyl adjacent to an activating group) is 2. The average Bonchev–Trinajstić information content (AvgIpc) is 2.43. The summed E-state index contributed by atoms with van der Waals surface area (Å²) in [6.07, 6.45) is 0. The molecule has 6 heteroatoms. The lowest BCUT2D eigenvalue weighted by molar-refractivity contribution is -0.132. The van der Waals surface area contributed by atoms with Crippen LogP contribution in [0.3, 0.4) is 0 Å². The van der Waals surface area contributed by atoms with E-state index >= 15 is 0 Å². The van der Waals surface area contributed by atoms with Gasteiger partial charge in [0, 0.05) is 18.8 Å². The molecule has 5 nitrogen and oxygen atoms in total. The second kappa shape index (κ2) is 8.48. The normalized spacial score (nSPS) is 10.6. The highest BCUT2D eigenvalue weighted by molar-refractivity contribution is 5.92. The predicted molar refractivity (Wildman–Crippen MR) is 85.2 cm³/mol. The van der Waals surface area contributed by atoms with Gasteiger partial charge in [-0.3, -0.25) is 14.5 Å². The van der Waals surface area contributed by atoms with Gasteiger partial charge in [0.25, 0.3) is 0 Å². The van der Waals surface area contributed by atoms with Crippen LogP contribution in [0.2, 0.25) is 0 Å². The summed E-state index contributed by atoms with van der Waals surface area (Å²) < 4.78 is 13.4. The van der Waals surface area contributed by atoms with Crippen LogP contribution in [0.5, 0.6) is 0 Å². The summed E-state index contributed by atoms with van der Waals surface area (Å²) in [4.78, 5) is 27.2. The third-order valence-corrected chi connectivity index (χ3v) is 3.39. The standard InChI is InChI=1S/C16H24FN3O2/c1-5-20(6-2)16(22)11-19(4)10-15(21)18-13-8-7-12(3)14(17)9-13/h7-9H,5-6,10-11H2,1-4H3,(H,18,21). The maximum absolute atomic E-state index is 13.4. The lowest BCUT2D eigenvalue weighted by atomic mass is 10.2. The Hall–Kier alpha value is -1.95. The molecule has 122 valence electrons. The van der Waals surface area contributed by atoms with Gasteiger partial charge in [0.1, 0.15) is 5.82 Å². The summed E-state index contributed by atoms with van der Waals surface area (Å²) in [5.41, 5.74) is 0.941. The number of carbonyl (C=O) groups excluding carboxylic acids is 2. The maximum atomic E-state index is 13.4. The predicted octanol–water partition coefficient (Wildman–Crippen LogP) is 1.87. The molecule has 0 fully saturated rings. The van der Waals surface area contributed by atoms with Crippen molar-refractivity contribution in [3.8, 4) is 0 Å². The molecule has 0 saturated carbocycles. The second-order valence-electron chi connectivity index (χ2n) is 5.25. The first kappa shape index (κ1) is 18.1. The van der Waals surface area contributed by atoms with Gasteiger partial charge in [-0.1, -0.05) is 6.07 Å². The smallest absolute Gasteiger partial charge is 0.238 e. The number of hydrogen-bond acceptors (Lipinski definition) is 3. The molecule has 0 unspecified atom stereocenters. The van der Waals surface area contributed by atoms with Gasteiger partial charge >= 0.3 is 0 Å². The molecule has 1 rings (SSSR count). The van der Waals surface area contributed by atoms with Crippen LogP contribution in [0, 0.1) is 12.7 Å². The van der Waals surface area contributed by atoms with Crippen LogP contribution in [0.15, 0.2) is 18.2 Å². The Labute approximate surface area is 131 Å². The fourth-order valence-electron chi connectivity index (χ4n) is 2.08. The van der Waals surface area contributed by atoms with Crippen LogP contribution >= 0.6 is 0 Å². The molecule has 0 heterocycles. The minimum atomic E-state index is -0.358. The summed E-state index contributed by atoms with van der Waals surface area (Å²) in [6, 6.07) is 4.55. The Morgan fingerprint density at radius 1 is 1.18 bits per heavy atom. The first-order valence-corrected chi connectivity index (χ1v) is 7.39. The third-order valence-electron chi connectivity index (χ3n) is 3.39. The number of hydrogen-bond donors (Lipinski definition) is 1. The molecule has 0 bridgehead atoms. The van der Waals surface area contributed by atoms with E-state index in [0.29, 0.717) is 24.3 Å². The molecule has 0 atom stereocenters. The van der Waals surface area contributed by atoms with Crippen molar-refractivity contribution in [3.05, 3.63) is 29.6 Å². The number of halogens is 1. The van der Waals surface area contributed by atoms with E-state index in [-0.39, 0.29) is 30.7 Å². The van der Waals surface area contributed by atoms with Crippen molar-refractivity contribution in [1.29, 1.82) is 0 Å². The molecule has 1 N–H and O–H groups in total. The highest BCUT2D eigenvalue weighted by Crippen LogP contribution is 2.13. The highest BCUT2D eigenvalue weighted by Gasteiger charge is 2.14. The maximum Gasteiger partial charge on any atom is 0.238 e. The zero-order valence-electron chi connectivity index (χ0n) is 13.6. The van der Waals surface area contributed by atoms with E-state index in [1.165, 1.54) is 6.07 Å². The van der Waals surface area contributed by atoms with Crippen molar-refractivity contribution >= 4 is 17.5 Å². The van der Waals surface area contributed by atoms with Gasteiger partial charge < -0.3 is 10.2 Å². The molecule has 0 aromatic heterocycles. The summed E-state index contributed by atoms with van der Waals surface area (Å²) in [6.45, 7) is 7.05. The number of aryl methyl sites for hydroxylation is 1. The molecule has 0 aliphatic carbocycles. The first-order chi connectivity index (χ1) is 10.4. The van der Waals surface area contributed by atoms with Crippen molar-refractivity contribution in [3.63, 3.8) is 0 Å². The molecule has 0 spiro atoms. The molecular weight excluding hydrogens is 285 g/mol. The van der Waals surface area contributed by atoms with E-state index in [0.717, 1.165) is 0 Å². The third kappa shape index (κ3) is 5.44. The van der Waals surface area contributed by atoms with E-state index in [4.69, 9.17) is 0 Å². The summed E-state index contributed by atoms with van der Waals surface area (Å²) in [5, 5.41) is 2.63. The molecule has 2 amide bonds. The minimum Gasteiger partial charge on any atom is -0.342 e. The molecule has 1 aromatic rings. The van der Waals surface area contributed by atoms with Crippen molar-refractivity contribution in [1.82, 2.24) is 9.80 Å². The molecule has 1 aromatic carbocycles. The Morgan fingerprint density at radius 3 is 2.36 bits per heavy atom. The average molecular weight is 309 g/mol. The number of carbonyl (C=O) groups is 2.